The third-order valence-corrected chi connectivity index (χ3v) is 5.53. The second kappa shape index (κ2) is 5.31. The van der Waals surface area contributed by atoms with Gasteiger partial charge in [-0.3, -0.25) is 0 Å². The third-order valence-electron chi connectivity index (χ3n) is 5.53. The van der Waals surface area contributed by atoms with Crippen LogP contribution in [0, 0.1) is 11.5 Å². The maximum absolute atomic E-state index is 9.21. The van der Waals surface area contributed by atoms with Gasteiger partial charge < -0.3 is 9.64 Å². The van der Waals surface area contributed by atoms with E-state index in [0.29, 0.717) is 0 Å². The predicted octanol–water partition coefficient (Wildman–Crippen LogP) is 3.46. The molecular weight excluding hydrogens is 284 g/mol. The van der Waals surface area contributed by atoms with Gasteiger partial charge in [0.05, 0.1) is 7.11 Å². The van der Waals surface area contributed by atoms with Crippen molar-refractivity contribution in [3.8, 4) is 11.9 Å². The van der Waals surface area contributed by atoms with Crippen molar-refractivity contribution in [2.24, 2.45) is 0 Å². The monoisotopic (exact) mass is 304 g/mol. The lowest BCUT2D eigenvalue weighted by atomic mass is 9.62. The molecule has 1 heterocycles. The fourth-order valence-corrected chi connectivity index (χ4v) is 4.39. The Labute approximate surface area is 137 Å². The van der Waals surface area contributed by atoms with E-state index in [-0.39, 0.29) is 5.41 Å². The maximum atomic E-state index is 9.21. The van der Waals surface area contributed by atoms with Gasteiger partial charge in [0.25, 0.3) is 0 Å². The zero-order chi connectivity index (χ0) is 15.9. The van der Waals surface area contributed by atoms with E-state index in [2.05, 4.69) is 48.7 Å². The van der Waals surface area contributed by atoms with Gasteiger partial charge in [-0.2, -0.15) is 5.26 Å². The fraction of sp³-hybridized carbons (Fsp3) is 0.350. The summed E-state index contributed by atoms with van der Waals surface area (Å²) in [5, 5.41) is 9.21. The molecule has 0 radical (unpaired) electrons. The Bertz CT molecular complexity index is 782. The Balaban J connectivity index is 1.91. The van der Waals surface area contributed by atoms with E-state index in [1.807, 2.05) is 4.90 Å². The highest BCUT2D eigenvalue weighted by Crippen LogP contribution is 2.49. The maximum Gasteiger partial charge on any atom is 0.179 e. The van der Waals surface area contributed by atoms with Crippen LogP contribution in [0.3, 0.4) is 0 Å². The number of methoxy groups -OCH3 is 1. The molecule has 23 heavy (non-hydrogen) atoms. The summed E-state index contributed by atoms with van der Waals surface area (Å²) in [4.78, 5) is 1.88. The van der Waals surface area contributed by atoms with Gasteiger partial charge in [0.1, 0.15) is 5.75 Å². The number of piperidine rings is 1. The first kappa shape index (κ1) is 14.1. The molecule has 0 aromatic heterocycles. The minimum atomic E-state index is 0.0199. The second-order valence-electron chi connectivity index (χ2n) is 6.49. The van der Waals surface area contributed by atoms with Gasteiger partial charge in [-0.15, -0.1) is 0 Å². The number of hydrogen-bond donors (Lipinski definition) is 0. The van der Waals surface area contributed by atoms with Crippen molar-refractivity contribution < 1.29 is 4.74 Å². The molecule has 2 aromatic carbocycles. The van der Waals surface area contributed by atoms with Crippen molar-refractivity contribution in [2.45, 2.75) is 24.7 Å². The Morgan fingerprint density at radius 1 is 1.04 bits per heavy atom. The Hall–Kier alpha value is -2.47. The van der Waals surface area contributed by atoms with Crippen molar-refractivity contribution in [3.63, 3.8) is 0 Å². The van der Waals surface area contributed by atoms with Crippen LogP contribution < -0.4 is 4.74 Å². The first-order valence-corrected chi connectivity index (χ1v) is 8.18. The summed E-state index contributed by atoms with van der Waals surface area (Å²) in [5.41, 5.74) is 5.58. The van der Waals surface area contributed by atoms with Crippen molar-refractivity contribution in [1.29, 1.82) is 5.26 Å². The molecule has 1 aliphatic heterocycles. The number of ether oxygens (including phenoxy) is 1. The van der Waals surface area contributed by atoms with E-state index in [0.717, 1.165) is 38.1 Å². The summed E-state index contributed by atoms with van der Waals surface area (Å²) in [7, 11) is 1.75. The van der Waals surface area contributed by atoms with Crippen LogP contribution in [-0.2, 0) is 11.8 Å². The van der Waals surface area contributed by atoms with Gasteiger partial charge in [-0.25, -0.2) is 0 Å². The lowest BCUT2D eigenvalue weighted by molar-refractivity contribution is 0.240. The number of fused-ring (bicyclic) bond motifs is 4. The lowest BCUT2D eigenvalue weighted by Gasteiger charge is -2.45. The Kier molecular flexibility index (Phi) is 3.27. The van der Waals surface area contributed by atoms with Crippen LogP contribution in [0.15, 0.2) is 42.5 Å². The number of rotatable bonds is 1. The van der Waals surface area contributed by atoms with E-state index in [1.54, 1.807) is 7.11 Å². The molecular formula is C20H20N2O. The SMILES string of the molecule is COc1cccc2c1Cc1ccccc1C21CCN(C#N)CC1. The number of hydrogen-bond acceptors (Lipinski definition) is 3. The minimum absolute atomic E-state index is 0.0199. The van der Waals surface area contributed by atoms with Gasteiger partial charge in [-0.05, 0) is 35.6 Å². The molecule has 0 N–H and O–H groups in total. The molecule has 3 nitrogen and oxygen atoms in total. The van der Waals surface area contributed by atoms with Crippen LogP contribution in [0.2, 0.25) is 0 Å². The second-order valence-corrected chi connectivity index (χ2v) is 6.49. The van der Waals surface area contributed by atoms with Gasteiger partial charge in [0.2, 0.25) is 0 Å². The third kappa shape index (κ3) is 2.02. The van der Waals surface area contributed by atoms with Crippen LogP contribution >= 0.6 is 0 Å². The van der Waals surface area contributed by atoms with Gasteiger partial charge >= 0.3 is 0 Å². The molecule has 3 heteroatoms. The van der Waals surface area contributed by atoms with Gasteiger partial charge in [0.15, 0.2) is 6.19 Å². The first-order chi connectivity index (χ1) is 11.3. The Morgan fingerprint density at radius 2 is 1.78 bits per heavy atom. The van der Waals surface area contributed by atoms with Crippen molar-refractivity contribution in [3.05, 3.63) is 64.7 Å². The summed E-state index contributed by atoms with van der Waals surface area (Å²) in [5.74, 6) is 0.985. The zero-order valence-corrected chi connectivity index (χ0v) is 13.4. The van der Waals surface area contributed by atoms with E-state index >= 15 is 0 Å². The molecule has 1 aliphatic carbocycles. The number of nitriles is 1. The number of nitrogens with zero attached hydrogens (tertiary/aromatic N) is 2. The smallest absolute Gasteiger partial charge is 0.179 e. The Morgan fingerprint density at radius 3 is 2.52 bits per heavy atom. The largest absolute Gasteiger partial charge is 0.496 e. The van der Waals surface area contributed by atoms with Crippen molar-refractivity contribution >= 4 is 0 Å². The summed E-state index contributed by atoms with van der Waals surface area (Å²) in [6.07, 6.45) is 5.20. The van der Waals surface area contributed by atoms with Gasteiger partial charge in [-0.1, -0.05) is 36.4 Å². The highest BCUT2D eigenvalue weighted by atomic mass is 16.5. The summed E-state index contributed by atoms with van der Waals surface area (Å²) >= 11 is 0. The summed E-state index contributed by atoms with van der Waals surface area (Å²) in [6.45, 7) is 1.64. The molecule has 1 spiro atoms. The molecule has 116 valence electrons. The molecule has 2 aliphatic rings. The molecule has 1 saturated heterocycles. The average molecular weight is 304 g/mol. The molecule has 0 atom stereocenters. The van der Waals surface area contributed by atoms with E-state index in [9.17, 15) is 5.26 Å². The highest BCUT2D eigenvalue weighted by molar-refractivity contribution is 5.58. The van der Waals surface area contributed by atoms with Crippen LogP contribution in [-0.4, -0.2) is 25.1 Å². The lowest BCUT2D eigenvalue weighted by Crippen LogP contribution is -2.44. The fourth-order valence-electron chi connectivity index (χ4n) is 4.39. The summed E-state index contributed by atoms with van der Waals surface area (Å²) in [6, 6.07) is 15.2. The van der Waals surface area contributed by atoms with Crippen LogP contribution in [0.1, 0.15) is 35.1 Å². The molecule has 4 rings (SSSR count). The highest BCUT2D eigenvalue weighted by Gasteiger charge is 2.43. The number of likely N-dealkylation sites (tertiary alicyclic amines) is 1. The average Bonchev–Trinajstić information content (AvgIpc) is 2.62. The number of benzene rings is 2. The summed E-state index contributed by atoms with van der Waals surface area (Å²) < 4.78 is 5.64. The van der Waals surface area contributed by atoms with E-state index in [4.69, 9.17) is 4.74 Å². The normalized spacial score (nSPS) is 18.0. The van der Waals surface area contributed by atoms with Crippen LogP contribution in [0.25, 0.3) is 0 Å². The van der Waals surface area contributed by atoms with Crippen molar-refractivity contribution in [1.82, 2.24) is 4.90 Å². The van der Waals surface area contributed by atoms with Crippen molar-refractivity contribution in [2.75, 3.05) is 20.2 Å². The quantitative estimate of drug-likeness (QED) is 0.757. The topological polar surface area (TPSA) is 36.3 Å². The molecule has 0 bridgehead atoms. The zero-order valence-electron chi connectivity index (χ0n) is 13.4. The molecule has 0 unspecified atom stereocenters. The van der Waals surface area contributed by atoms with E-state index in [1.165, 1.54) is 22.3 Å². The molecule has 1 fully saturated rings. The van der Waals surface area contributed by atoms with E-state index < -0.39 is 0 Å². The molecule has 0 amide bonds. The van der Waals surface area contributed by atoms with Crippen LogP contribution in [0.4, 0.5) is 0 Å². The first-order valence-electron chi connectivity index (χ1n) is 8.18. The predicted molar refractivity (Wildman–Crippen MR) is 89.4 cm³/mol. The standard InChI is InChI=1S/C20H20N2O/c1-23-19-8-4-7-18-16(19)13-15-5-2-3-6-17(15)20(18)9-11-22(14-21)12-10-20/h2-8H,9-13H2,1H3. The molecule has 0 saturated carbocycles. The van der Waals surface area contributed by atoms with Gasteiger partial charge in [0, 0.05) is 30.5 Å². The minimum Gasteiger partial charge on any atom is -0.496 e. The van der Waals surface area contributed by atoms with Crippen LogP contribution in [0.5, 0.6) is 5.75 Å². The molecule has 2 aromatic rings.